The van der Waals surface area contributed by atoms with Crippen molar-refractivity contribution in [3.05, 3.63) is 23.7 Å². The number of rotatable bonds is 3. The van der Waals surface area contributed by atoms with Gasteiger partial charge >= 0.3 is 0 Å². The van der Waals surface area contributed by atoms with Crippen molar-refractivity contribution in [1.29, 1.82) is 0 Å². The van der Waals surface area contributed by atoms with E-state index < -0.39 is 5.41 Å². The van der Waals surface area contributed by atoms with Crippen molar-refractivity contribution in [2.45, 2.75) is 39.0 Å². The molecule has 1 aliphatic carbocycles. The van der Waals surface area contributed by atoms with Crippen LogP contribution in [0.5, 0.6) is 0 Å². The lowest BCUT2D eigenvalue weighted by molar-refractivity contribution is -0.140. The van der Waals surface area contributed by atoms with Crippen LogP contribution >= 0.6 is 11.3 Å². The molecule has 0 bridgehead atoms. The zero-order valence-electron chi connectivity index (χ0n) is 12.0. The summed E-state index contributed by atoms with van der Waals surface area (Å²) in [5, 5.41) is 5.88. The van der Waals surface area contributed by atoms with Crippen molar-refractivity contribution in [1.82, 2.24) is 4.98 Å². The number of aromatic nitrogens is 1. The number of thiophene rings is 1. The average Bonchev–Trinajstić information content (AvgIpc) is 2.95. The number of carbonyl (C=O) groups excluding carboxylic acids is 2. The minimum absolute atomic E-state index is 0.0238. The van der Waals surface area contributed by atoms with E-state index in [9.17, 15) is 9.59 Å². The van der Waals surface area contributed by atoms with E-state index in [2.05, 4.69) is 10.3 Å². The Morgan fingerprint density at radius 2 is 2.05 bits per heavy atom. The van der Waals surface area contributed by atoms with E-state index in [0.717, 1.165) is 29.5 Å². The molecular formula is C16H18N2O2S. The van der Waals surface area contributed by atoms with Gasteiger partial charge in [-0.15, -0.1) is 11.3 Å². The Kier molecular flexibility index (Phi) is 3.76. The summed E-state index contributed by atoms with van der Waals surface area (Å²) in [4.78, 5) is 30.0. The first-order chi connectivity index (χ1) is 10.1. The van der Waals surface area contributed by atoms with Crippen LogP contribution in [0.15, 0.2) is 23.7 Å². The Morgan fingerprint density at radius 1 is 1.29 bits per heavy atom. The fourth-order valence-corrected chi connectivity index (χ4v) is 3.79. The van der Waals surface area contributed by atoms with Crippen molar-refractivity contribution < 1.29 is 9.59 Å². The molecule has 1 aliphatic rings. The molecule has 3 rings (SSSR count). The zero-order chi connectivity index (χ0) is 14.9. The van der Waals surface area contributed by atoms with Crippen LogP contribution in [0.1, 0.15) is 39.0 Å². The maximum absolute atomic E-state index is 12.6. The molecule has 5 heteroatoms. The molecule has 1 fully saturated rings. The van der Waals surface area contributed by atoms with E-state index in [-0.39, 0.29) is 11.7 Å². The largest absolute Gasteiger partial charge is 0.324 e. The monoisotopic (exact) mass is 302 g/mol. The van der Waals surface area contributed by atoms with E-state index >= 15 is 0 Å². The van der Waals surface area contributed by atoms with Gasteiger partial charge in [-0.1, -0.05) is 19.3 Å². The molecule has 21 heavy (non-hydrogen) atoms. The lowest BCUT2D eigenvalue weighted by atomic mass is 9.70. The number of hydrogen-bond acceptors (Lipinski definition) is 4. The summed E-state index contributed by atoms with van der Waals surface area (Å²) in [6, 6.07) is 3.89. The quantitative estimate of drug-likeness (QED) is 0.878. The second-order valence-corrected chi connectivity index (χ2v) is 6.59. The number of anilines is 1. The smallest absolute Gasteiger partial charge is 0.238 e. The molecule has 1 amide bonds. The third-order valence-electron chi connectivity index (χ3n) is 4.38. The van der Waals surface area contributed by atoms with Crippen LogP contribution in [-0.4, -0.2) is 16.7 Å². The number of nitrogens with one attached hydrogen (secondary N) is 1. The number of amides is 1. The summed E-state index contributed by atoms with van der Waals surface area (Å²) in [6.45, 7) is 1.53. The van der Waals surface area contributed by atoms with Crippen LogP contribution < -0.4 is 5.32 Å². The number of carbonyl (C=O) groups is 2. The van der Waals surface area contributed by atoms with Gasteiger partial charge in [-0.2, -0.15) is 0 Å². The minimum atomic E-state index is -0.845. The van der Waals surface area contributed by atoms with E-state index in [4.69, 9.17) is 0 Å². The summed E-state index contributed by atoms with van der Waals surface area (Å²) in [6.07, 6.45) is 5.95. The fraction of sp³-hybridized carbons (Fsp3) is 0.438. The summed E-state index contributed by atoms with van der Waals surface area (Å²) in [7, 11) is 0. The van der Waals surface area contributed by atoms with Crippen LogP contribution in [0.25, 0.3) is 10.2 Å². The summed E-state index contributed by atoms with van der Waals surface area (Å²) >= 11 is 1.57. The van der Waals surface area contributed by atoms with Gasteiger partial charge in [0, 0.05) is 5.39 Å². The summed E-state index contributed by atoms with van der Waals surface area (Å²) < 4.78 is 0. The Balaban J connectivity index is 1.84. The van der Waals surface area contributed by atoms with Crippen LogP contribution in [0.3, 0.4) is 0 Å². The molecule has 0 spiro atoms. The lowest BCUT2D eigenvalue weighted by Gasteiger charge is -2.33. The molecule has 1 N–H and O–H groups in total. The molecule has 0 atom stereocenters. The highest BCUT2D eigenvalue weighted by Crippen LogP contribution is 2.38. The third-order valence-corrected chi connectivity index (χ3v) is 5.22. The first kappa shape index (κ1) is 14.2. The van der Waals surface area contributed by atoms with Crippen LogP contribution in [0, 0.1) is 5.41 Å². The predicted octanol–water partition coefficient (Wildman–Crippen LogP) is 3.77. The van der Waals surface area contributed by atoms with E-state index in [0.29, 0.717) is 18.5 Å². The second kappa shape index (κ2) is 5.56. The molecule has 4 nitrogen and oxygen atoms in total. The maximum Gasteiger partial charge on any atom is 0.238 e. The highest BCUT2D eigenvalue weighted by Gasteiger charge is 2.43. The van der Waals surface area contributed by atoms with Gasteiger partial charge in [0.25, 0.3) is 0 Å². The summed E-state index contributed by atoms with van der Waals surface area (Å²) in [5.74, 6) is -0.199. The number of Topliss-reactive ketones (excluding diaryl/α,β-unsaturated/α-hetero) is 1. The Bertz CT molecular complexity index is 686. The Morgan fingerprint density at radius 3 is 2.76 bits per heavy atom. The van der Waals surface area contributed by atoms with E-state index in [1.165, 1.54) is 6.92 Å². The Hall–Kier alpha value is -1.75. The molecule has 0 unspecified atom stereocenters. The van der Waals surface area contributed by atoms with Crippen molar-refractivity contribution in [2.75, 3.05) is 5.32 Å². The molecule has 0 radical (unpaired) electrons. The first-order valence-electron chi connectivity index (χ1n) is 7.28. The molecule has 0 saturated heterocycles. The van der Waals surface area contributed by atoms with Crippen LogP contribution in [-0.2, 0) is 9.59 Å². The van der Waals surface area contributed by atoms with Gasteiger partial charge in [0.1, 0.15) is 16.0 Å². The normalized spacial score (nSPS) is 17.6. The number of fused-ring (bicyclic) bond motifs is 1. The van der Waals surface area contributed by atoms with Crippen molar-refractivity contribution >= 4 is 38.9 Å². The molecule has 0 aliphatic heterocycles. The van der Waals surface area contributed by atoms with Gasteiger partial charge < -0.3 is 5.32 Å². The van der Waals surface area contributed by atoms with Crippen molar-refractivity contribution in [3.63, 3.8) is 0 Å². The second-order valence-electron chi connectivity index (χ2n) is 5.69. The zero-order valence-corrected chi connectivity index (χ0v) is 12.8. The van der Waals surface area contributed by atoms with E-state index in [1.807, 2.05) is 17.5 Å². The first-order valence-corrected chi connectivity index (χ1v) is 8.15. The highest BCUT2D eigenvalue weighted by atomic mass is 32.1. The van der Waals surface area contributed by atoms with Gasteiger partial charge in [0.15, 0.2) is 0 Å². The van der Waals surface area contributed by atoms with Gasteiger partial charge in [-0.25, -0.2) is 4.98 Å². The van der Waals surface area contributed by atoms with Gasteiger partial charge in [-0.05, 0) is 37.3 Å². The third kappa shape index (κ3) is 2.58. The topological polar surface area (TPSA) is 59.1 Å². The fourth-order valence-electron chi connectivity index (χ4n) is 3.07. The Labute approximate surface area is 127 Å². The van der Waals surface area contributed by atoms with Crippen LogP contribution in [0.4, 0.5) is 5.69 Å². The predicted molar refractivity (Wildman–Crippen MR) is 84.4 cm³/mol. The molecule has 2 aromatic heterocycles. The standard InChI is InChI=1S/C16H18N2O2S/c1-11(19)16(6-3-2-4-7-16)15(20)18-13-9-12-5-8-21-14(12)17-10-13/h5,8-10H,2-4,6-7H2,1H3,(H,18,20). The molecule has 2 aromatic rings. The average molecular weight is 302 g/mol. The van der Waals surface area contributed by atoms with E-state index in [1.54, 1.807) is 17.5 Å². The number of ketones is 1. The molecular weight excluding hydrogens is 284 g/mol. The number of pyridine rings is 1. The lowest BCUT2D eigenvalue weighted by Crippen LogP contribution is -2.43. The molecule has 110 valence electrons. The highest BCUT2D eigenvalue weighted by molar-refractivity contribution is 7.16. The van der Waals surface area contributed by atoms with Crippen LogP contribution in [0.2, 0.25) is 0 Å². The minimum Gasteiger partial charge on any atom is -0.324 e. The number of hydrogen-bond donors (Lipinski definition) is 1. The summed E-state index contributed by atoms with van der Waals surface area (Å²) in [5.41, 5.74) is -0.181. The number of nitrogens with zero attached hydrogens (tertiary/aromatic N) is 1. The molecule has 0 aromatic carbocycles. The SMILES string of the molecule is CC(=O)C1(C(=O)Nc2cnc3sccc3c2)CCCCC1. The maximum atomic E-state index is 12.6. The molecule has 2 heterocycles. The van der Waals surface area contributed by atoms with Gasteiger partial charge in [-0.3, -0.25) is 9.59 Å². The van der Waals surface area contributed by atoms with Gasteiger partial charge in [0.2, 0.25) is 5.91 Å². The van der Waals surface area contributed by atoms with Crippen molar-refractivity contribution in [3.8, 4) is 0 Å². The van der Waals surface area contributed by atoms with Gasteiger partial charge in [0.05, 0.1) is 11.9 Å². The molecule has 1 saturated carbocycles. The van der Waals surface area contributed by atoms with Crippen molar-refractivity contribution in [2.24, 2.45) is 5.41 Å².